The van der Waals surface area contributed by atoms with Gasteiger partial charge < -0.3 is 9.42 Å². The third kappa shape index (κ3) is 2.96. The van der Waals surface area contributed by atoms with Crippen molar-refractivity contribution in [1.82, 2.24) is 15.0 Å². The summed E-state index contributed by atoms with van der Waals surface area (Å²) in [6.07, 6.45) is 1.70. The van der Waals surface area contributed by atoms with E-state index in [-0.39, 0.29) is 11.9 Å². The van der Waals surface area contributed by atoms with Crippen LogP contribution >= 0.6 is 23.2 Å². The first-order valence-corrected chi connectivity index (χ1v) is 7.92. The second-order valence-corrected chi connectivity index (χ2v) is 6.36. The van der Waals surface area contributed by atoms with E-state index in [0.29, 0.717) is 23.3 Å². The van der Waals surface area contributed by atoms with Gasteiger partial charge in [0, 0.05) is 17.1 Å². The molecule has 1 aliphatic rings. The van der Waals surface area contributed by atoms with Crippen LogP contribution in [-0.2, 0) is 4.79 Å². The lowest BCUT2D eigenvalue weighted by molar-refractivity contribution is -0.131. The van der Waals surface area contributed by atoms with Crippen LogP contribution in [0.15, 0.2) is 28.8 Å². The van der Waals surface area contributed by atoms with Crippen molar-refractivity contribution in [3.63, 3.8) is 0 Å². The normalized spacial score (nSPS) is 19.4. The van der Waals surface area contributed by atoms with Gasteiger partial charge in [-0.1, -0.05) is 16.8 Å². The molecule has 5 nitrogen and oxygen atoms in total. The van der Waals surface area contributed by atoms with E-state index in [4.69, 9.17) is 27.7 Å². The van der Waals surface area contributed by atoms with Crippen molar-refractivity contribution in [2.45, 2.75) is 31.2 Å². The minimum Gasteiger partial charge on any atom is -0.337 e. The Morgan fingerprint density at radius 2 is 2.14 bits per heavy atom. The monoisotopic (exact) mass is 339 g/mol. The van der Waals surface area contributed by atoms with Gasteiger partial charge in [0.2, 0.25) is 17.6 Å². The number of likely N-dealkylation sites (tertiary alicyclic amines) is 1. The molecule has 0 aliphatic carbocycles. The van der Waals surface area contributed by atoms with Gasteiger partial charge in [0.1, 0.15) is 11.4 Å². The van der Waals surface area contributed by atoms with Crippen molar-refractivity contribution in [3.05, 3.63) is 35.2 Å². The minimum atomic E-state index is -0.556. The Hall–Kier alpha value is -1.59. The summed E-state index contributed by atoms with van der Waals surface area (Å²) in [7, 11) is 0. The van der Waals surface area contributed by atoms with E-state index in [1.54, 1.807) is 24.0 Å². The molecule has 3 rings (SSSR count). The third-order valence-electron chi connectivity index (χ3n) is 3.71. The summed E-state index contributed by atoms with van der Waals surface area (Å²) in [6.45, 7) is 2.34. The molecule has 2 aromatic rings. The lowest BCUT2D eigenvalue weighted by Gasteiger charge is -2.22. The Kier molecular flexibility index (Phi) is 4.36. The second kappa shape index (κ2) is 6.26. The molecule has 0 spiro atoms. The van der Waals surface area contributed by atoms with Crippen molar-refractivity contribution in [3.8, 4) is 11.4 Å². The largest absolute Gasteiger partial charge is 0.337 e. The number of halogens is 2. The van der Waals surface area contributed by atoms with Crippen LogP contribution in [0.25, 0.3) is 11.4 Å². The molecule has 7 heteroatoms. The summed E-state index contributed by atoms with van der Waals surface area (Å²) in [5, 5.41) is 4.09. The molecule has 1 amide bonds. The van der Waals surface area contributed by atoms with Crippen molar-refractivity contribution < 1.29 is 9.32 Å². The Morgan fingerprint density at radius 3 is 2.82 bits per heavy atom. The Labute approximate surface area is 138 Å². The highest BCUT2D eigenvalue weighted by atomic mass is 35.5. The first-order valence-electron chi connectivity index (χ1n) is 7.10. The molecule has 116 valence electrons. The average Bonchev–Trinajstić information content (AvgIpc) is 3.15. The van der Waals surface area contributed by atoms with Gasteiger partial charge in [0.25, 0.3) is 0 Å². The van der Waals surface area contributed by atoms with Crippen molar-refractivity contribution in [1.29, 1.82) is 0 Å². The van der Waals surface area contributed by atoms with E-state index in [0.717, 1.165) is 18.4 Å². The molecule has 0 saturated carbocycles. The van der Waals surface area contributed by atoms with Crippen molar-refractivity contribution in [2.24, 2.45) is 0 Å². The molecule has 1 fully saturated rings. The number of alkyl halides is 1. The molecule has 0 N–H and O–H groups in total. The Bertz CT molecular complexity index is 670. The van der Waals surface area contributed by atoms with Gasteiger partial charge in [-0.25, -0.2) is 0 Å². The molecule has 0 bridgehead atoms. The summed E-state index contributed by atoms with van der Waals surface area (Å²) < 4.78 is 5.36. The van der Waals surface area contributed by atoms with Crippen LogP contribution in [0.4, 0.5) is 0 Å². The molecule has 1 aromatic heterocycles. The fraction of sp³-hybridized carbons (Fsp3) is 0.400. The first kappa shape index (κ1) is 15.3. The topological polar surface area (TPSA) is 59.2 Å². The number of hydrogen-bond acceptors (Lipinski definition) is 4. The first-order chi connectivity index (χ1) is 10.6. The van der Waals surface area contributed by atoms with Crippen LogP contribution in [0.1, 0.15) is 31.7 Å². The quantitative estimate of drug-likeness (QED) is 0.800. The number of aromatic nitrogens is 2. The van der Waals surface area contributed by atoms with Crippen LogP contribution in [0.5, 0.6) is 0 Å². The fourth-order valence-electron chi connectivity index (χ4n) is 2.60. The predicted octanol–water partition coefficient (Wildman–Crippen LogP) is 3.68. The highest BCUT2D eigenvalue weighted by Crippen LogP contribution is 2.33. The van der Waals surface area contributed by atoms with Crippen molar-refractivity contribution >= 4 is 29.1 Å². The predicted molar refractivity (Wildman–Crippen MR) is 83.7 cm³/mol. The van der Waals surface area contributed by atoms with E-state index in [1.807, 2.05) is 12.1 Å². The number of carbonyl (C=O) groups excluding carboxylic acids is 1. The van der Waals surface area contributed by atoms with Crippen LogP contribution in [-0.4, -0.2) is 32.9 Å². The SMILES string of the molecule is CC(Cl)C(=O)N1CCCC1c1nc(-c2ccc(Cl)cc2)no1. The zero-order valence-electron chi connectivity index (χ0n) is 12.0. The summed E-state index contributed by atoms with van der Waals surface area (Å²) in [5.41, 5.74) is 0.820. The molecule has 0 radical (unpaired) electrons. The van der Waals surface area contributed by atoms with Gasteiger partial charge in [-0.3, -0.25) is 4.79 Å². The highest BCUT2D eigenvalue weighted by molar-refractivity contribution is 6.30. The standard InChI is InChI=1S/C15H15Cl2N3O2/c1-9(16)15(21)20-8-2-3-12(20)14-18-13(19-22-14)10-4-6-11(17)7-5-10/h4-7,9,12H,2-3,8H2,1H3. The van der Waals surface area contributed by atoms with E-state index < -0.39 is 5.38 Å². The summed E-state index contributed by atoms with van der Waals surface area (Å²) >= 11 is 11.8. The fourth-order valence-corrected chi connectivity index (χ4v) is 2.85. The van der Waals surface area contributed by atoms with Crippen LogP contribution in [0.2, 0.25) is 5.02 Å². The lowest BCUT2D eigenvalue weighted by Crippen LogP contribution is -2.35. The van der Waals surface area contributed by atoms with Gasteiger partial charge >= 0.3 is 0 Å². The van der Waals surface area contributed by atoms with E-state index in [1.165, 1.54) is 0 Å². The smallest absolute Gasteiger partial charge is 0.249 e. The lowest BCUT2D eigenvalue weighted by atomic mass is 10.2. The van der Waals surface area contributed by atoms with Crippen LogP contribution in [0.3, 0.4) is 0 Å². The molecule has 22 heavy (non-hydrogen) atoms. The molecule has 1 aliphatic heterocycles. The maximum absolute atomic E-state index is 12.1. The van der Waals surface area contributed by atoms with Crippen LogP contribution < -0.4 is 0 Å². The highest BCUT2D eigenvalue weighted by Gasteiger charge is 2.35. The van der Waals surface area contributed by atoms with Gasteiger partial charge in [-0.15, -0.1) is 11.6 Å². The third-order valence-corrected chi connectivity index (χ3v) is 4.14. The van der Waals surface area contributed by atoms with E-state index >= 15 is 0 Å². The summed E-state index contributed by atoms with van der Waals surface area (Å²) in [6, 6.07) is 7.01. The van der Waals surface area contributed by atoms with Gasteiger partial charge in [-0.05, 0) is 44.0 Å². The maximum Gasteiger partial charge on any atom is 0.249 e. The molecule has 1 aromatic carbocycles. The molecular weight excluding hydrogens is 325 g/mol. The second-order valence-electron chi connectivity index (χ2n) is 5.27. The van der Waals surface area contributed by atoms with Gasteiger partial charge in [0.05, 0.1) is 0 Å². The molecule has 1 saturated heterocycles. The zero-order valence-corrected chi connectivity index (χ0v) is 13.5. The van der Waals surface area contributed by atoms with Crippen molar-refractivity contribution in [2.75, 3.05) is 6.54 Å². The number of amides is 1. The Morgan fingerprint density at radius 1 is 1.41 bits per heavy atom. The Balaban J connectivity index is 1.84. The van der Waals surface area contributed by atoms with Gasteiger partial charge in [0.15, 0.2) is 0 Å². The summed E-state index contributed by atoms with van der Waals surface area (Å²) in [5.74, 6) is 0.841. The van der Waals surface area contributed by atoms with E-state index in [2.05, 4.69) is 10.1 Å². The summed E-state index contributed by atoms with van der Waals surface area (Å²) in [4.78, 5) is 18.3. The molecular formula is C15H15Cl2N3O2. The number of benzene rings is 1. The molecule has 2 unspecified atom stereocenters. The minimum absolute atomic E-state index is 0.101. The number of hydrogen-bond donors (Lipinski definition) is 0. The van der Waals surface area contributed by atoms with Crippen LogP contribution in [0, 0.1) is 0 Å². The van der Waals surface area contributed by atoms with E-state index in [9.17, 15) is 4.79 Å². The number of rotatable bonds is 3. The maximum atomic E-state index is 12.1. The average molecular weight is 340 g/mol. The van der Waals surface area contributed by atoms with Gasteiger partial charge in [-0.2, -0.15) is 4.98 Å². The molecule has 2 atom stereocenters. The number of carbonyl (C=O) groups is 1. The number of nitrogens with zero attached hydrogens (tertiary/aromatic N) is 3. The molecule has 2 heterocycles. The zero-order chi connectivity index (χ0) is 15.7.